The Morgan fingerprint density at radius 1 is 1.25 bits per heavy atom. The molecule has 0 bridgehead atoms. The molecule has 0 radical (unpaired) electrons. The van der Waals surface area contributed by atoms with Gasteiger partial charge < -0.3 is 10.6 Å². The minimum absolute atomic E-state index is 0. The van der Waals surface area contributed by atoms with E-state index < -0.39 is 0 Å². The number of carbonyl (C=O) groups is 1. The molecule has 2 atom stereocenters. The normalized spacial score (nSPS) is 31.2. The summed E-state index contributed by atoms with van der Waals surface area (Å²) in [5, 5.41) is 0. The number of piperidine rings is 1. The van der Waals surface area contributed by atoms with Crippen LogP contribution in [0, 0.1) is 11.8 Å². The quantitative estimate of drug-likeness (QED) is 0.767. The molecule has 2 fully saturated rings. The van der Waals surface area contributed by atoms with Crippen molar-refractivity contribution in [1.82, 2.24) is 4.90 Å². The molecule has 2 aliphatic rings. The van der Waals surface area contributed by atoms with E-state index in [-0.39, 0.29) is 18.4 Å². The van der Waals surface area contributed by atoms with E-state index in [0.717, 1.165) is 32.4 Å². The fourth-order valence-electron chi connectivity index (χ4n) is 2.79. The number of carbonyl (C=O) groups excluding carboxylic acids is 1. The lowest BCUT2D eigenvalue weighted by Gasteiger charge is -2.36. The van der Waals surface area contributed by atoms with E-state index in [1.54, 1.807) is 0 Å². The van der Waals surface area contributed by atoms with E-state index in [1.807, 2.05) is 4.90 Å². The minimum atomic E-state index is 0. The molecule has 0 spiro atoms. The van der Waals surface area contributed by atoms with Gasteiger partial charge in [0.15, 0.2) is 0 Å². The molecule has 0 aromatic heterocycles. The highest BCUT2D eigenvalue weighted by molar-refractivity contribution is 5.85. The molecule has 4 heteroatoms. The first-order chi connectivity index (χ1) is 7.18. The zero-order valence-electron chi connectivity index (χ0n) is 10.0. The first-order valence-electron chi connectivity index (χ1n) is 6.23. The smallest absolute Gasteiger partial charge is 0.225 e. The SMILES string of the molecule is CC1CN(C(=O)C2CCCC2)CCC1N.Cl. The summed E-state index contributed by atoms with van der Waals surface area (Å²) in [6.07, 6.45) is 5.66. The average Bonchev–Trinajstić information content (AvgIpc) is 2.74. The Labute approximate surface area is 104 Å². The molecule has 94 valence electrons. The monoisotopic (exact) mass is 246 g/mol. The molecule has 1 aliphatic heterocycles. The standard InChI is InChI=1S/C12H22N2O.ClH/c1-9-8-14(7-6-11(9)13)12(15)10-4-2-3-5-10;/h9-11H,2-8,13H2,1H3;1H. The summed E-state index contributed by atoms with van der Waals surface area (Å²) in [4.78, 5) is 14.2. The van der Waals surface area contributed by atoms with Crippen molar-refractivity contribution < 1.29 is 4.79 Å². The fourth-order valence-corrected chi connectivity index (χ4v) is 2.79. The summed E-state index contributed by atoms with van der Waals surface area (Å²) >= 11 is 0. The van der Waals surface area contributed by atoms with Crippen LogP contribution in [0.15, 0.2) is 0 Å². The van der Waals surface area contributed by atoms with Crippen LogP contribution >= 0.6 is 12.4 Å². The molecule has 2 unspecified atom stereocenters. The Morgan fingerprint density at radius 3 is 2.44 bits per heavy atom. The molecule has 16 heavy (non-hydrogen) atoms. The fraction of sp³-hybridized carbons (Fsp3) is 0.917. The van der Waals surface area contributed by atoms with Gasteiger partial charge >= 0.3 is 0 Å². The summed E-state index contributed by atoms with van der Waals surface area (Å²) < 4.78 is 0. The number of likely N-dealkylation sites (tertiary alicyclic amines) is 1. The highest BCUT2D eigenvalue weighted by Gasteiger charge is 2.31. The third-order valence-corrected chi connectivity index (χ3v) is 3.99. The van der Waals surface area contributed by atoms with Crippen LogP contribution < -0.4 is 5.73 Å². The predicted molar refractivity (Wildman–Crippen MR) is 67.5 cm³/mol. The van der Waals surface area contributed by atoms with E-state index >= 15 is 0 Å². The van der Waals surface area contributed by atoms with Gasteiger partial charge in [0.05, 0.1) is 0 Å². The molecule has 2 rings (SSSR count). The van der Waals surface area contributed by atoms with Gasteiger partial charge in [0, 0.05) is 25.0 Å². The number of hydrogen-bond donors (Lipinski definition) is 1. The van der Waals surface area contributed by atoms with Crippen molar-refractivity contribution in [2.45, 2.75) is 45.1 Å². The summed E-state index contributed by atoms with van der Waals surface area (Å²) in [7, 11) is 0. The Hall–Kier alpha value is -0.280. The van der Waals surface area contributed by atoms with Gasteiger partial charge in [0.1, 0.15) is 0 Å². The van der Waals surface area contributed by atoms with Crippen LogP contribution in [0.3, 0.4) is 0 Å². The van der Waals surface area contributed by atoms with Gasteiger partial charge in [-0.1, -0.05) is 19.8 Å². The third kappa shape index (κ3) is 2.89. The number of rotatable bonds is 1. The van der Waals surface area contributed by atoms with Gasteiger partial charge in [-0.15, -0.1) is 12.4 Å². The Bertz CT molecular complexity index is 241. The zero-order valence-corrected chi connectivity index (χ0v) is 10.8. The Balaban J connectivity index is 0.00000128. The zero-order chi connectivity index (χ0) is 10.8. The van der Waals surface area contributed by atoms with Crippen molar-refractivity contribution >= 4 is 18.3 Å². The summed E-state index contributed by atoms with van der Waals surface area (Å²) in [6, 6.07) is 0.289. The summed E-state index contributed by atoms with van der Waals surface area (Å²) in [6.45, 7) is 3.90. The molecule has 3 nitrogen and oxygen atoms in total. The predicted octanol–water partition coefficient (Wildman–Crippen LogP) is 1.79. The number of nitrogens with two attached hydrogens (primary N) is 1. The number of hydrogen-bond acceptors (Lipinski definition) is 2. The van der Waals surface area contributed by atoms with E-state index in [4.69, 9.17) is 5.73 Å². The van der Waals surface area contributed by atoms with Crippen LogP contribution in [0.5, 0.6) is 0 Å². The minimum Gasteiger partial charge on any atom is -0.342 e. The third-order valence-electron chi connectivity index (χ3n) is 3.99. The maximum absolute atomic E-state index is 12.1. The second-order valence-corrected chi connectivity index (χ2v) is 5.20. The van der Waals surface area contributed by atoms with Gasteiger partial charge in [-0.05, 0) is 25.2 Å². The highest BCUT2D eigenvalue weighted by atomic mass is 35.5. The van der Waals surface area contributed by atoms with Gasteiger partial charge in [-0.25, -0.2) is 0 Å². The van der Waals surface area contributed by atoms with Crippen LogP contribution in [0.2, 0.25) is 0 Å². The number of amides is 1. The molecule has 1 amide bonds. The van der Waals surface area contributed by atoms with E-state index in [9.17, 15) is 4.79 Å². The highest BCUT2D eigenvalue weighted by Crippen LogP contribution is 2.28. The topological polar surface area (TPSA) is 46.3 Å². The lowest BCUT2D eigenvalue weighted by Crippen LogP contribution is -2.49. The molecular formula is C12H23ClN2O. The van der Waals surface area contributed by atoms with Crippen molar-refractivity contribution in [1.29, 1.82) is 0 Å². The second kappa shape index (κ2) is 5.87. The van der Waals surface area contributed by atoms with Crippen LogP contribution in [0.4, 0.5) is 0 Å². The lowest BCUT2D eigenvalue weighted by molar-refractivity contribution is -0.137. The Morgan fingerprint density at radius 2 is 1.88 bits per heavy atom. The van der Waals surface area contributed by atoms with Gasteiger partial charge in [-0.3, -0.25) is 4.79 Å². The molecule has 1 heterocycles. The molecule has 1 aliphatic carbocycles. The largest absolute Gasteiger partial charge is 0.342 e. The van der Waals surface area contributed by atoms with Gasteiger partial charge in [0.25, 0.3) is 0 Å². The van der Waals surface area contributed by atoms with E-state index in [1.165, 1.54) is 12.8 Å². The molecule has 0 aromatic rings. The van der Waals surface area contributed by atoms with Crippen molar-refractivity contribution in [2.75, 3.05) is 13.1 Å². The molecule has 1 saturated heterocycles. The van der Waals surface area contributed by atoms with Crippen LogP contribution in [0.25, 0.3) is 0 Å². The van der Waals surface area contributed by atoms with E-state index in [0.29, 0.717) is 17.7 Å². The average molecular weight is 247 g/mol. The number of halogens is 1. The molecular weight excluding hydrogens is 224 g/mol. The summed E-state index contributed by atoms with van der Waals surface area (Å²) in [5.41, 5.74) is 5.96. The van der Waals surface area contributed by atoms with Crippen molar-refractivity contribution in [3.8, 4) is 0 Å². The first-order valence-corrected chi connectivity index (χ1v) is 6.23. The first kappa shape index (κ1) is 13.8. The van der Waals surface area contributed by atoms with Crippen molar-refractivity contribution in [2.24, 2.45) is 17.6 Å². The van der Waals surface area contributed by atoms with Crippen LogP contribution in [-0.2, 0) is 4.79 Å². The van der Waals surface area contributed by atoms with Gasteiger partial charge in [0.2, 0.25) is 5.91 Å². The van der Waals surface area contributed by atoms with Crippen molar-refractivity contribution in [3.05, 3.63) is 0 Å². The van der Waals surface area contributed by atoms with Gasteiger partial charge in [-0.2, -0.15) is 0 Å². The van der Waals surface area contributed by atoms with Crippen LogP contribution in [0.1, 0.15) is 39.0 Å². The van der Waals surface area contributed by atoms with E-state index in [2.05, 4.69) is 6.92 Å². The lowest BCUT2D eigenvalue weighted by atomic mass is 9.93. The maximum atomic E-state index is 12.1. The maximum Gasteiger partial charge on any atom is 0.225 e. The summed E-state index contributed by atoms with van der Waals surface area (Å²) in [5.74, 6) is 1.18. The second-order valence-electron chi connectivity index (χ2n) is 5.20. The molecule has 0 aromatic carbocycles. The Kier molecular flexibility index (Phi) is 5.06. The van der Waals surface area contributed by atoms with Crippen molar-refractivity contribution in [3.63, 3.8) is 0 Å². The number of nitrogens with zero attached hydrogens (tertiary/aromatic N) is 1. The molecule has 2 N–H and O–H groups in total. The van der Waals surface area contributed by atoms with Crippen LogP contribution in [-0.4, -0.2) is 29.9 Å². The molecule has 1 saturated carbocycles.